The fraction of sp³-hybridized carbons (Fsp3) is 0.125. The van der Waals surface area contributed by atoms with Crippen molar-refractivity contribution in [2.75, 3.05) is 0 Å². The van der Waals surface area contributed by atoms with Gasteiger partial charge in [-0.1, -0.05) is 0 Å². The van der Waals surface area contributed by atoms with Crippen molar-refractivity contribution < 1.29 is 41.2 Å². The molecule has 25 heavy (non-hydrogen) atoms. The van der Waals surface area contributed by atoms with Crippen molar-refractivity contribution in [1.82, 2.24) is 0 Å². The molecule has 0 saturated heterocycles. The van der Waals surface area contributed by atoms with E-state index in [4.69, 9.17) is 15.4 Å². The maximum Gasteiger partial charge on any atom is 2.00 e. The molecule has 2 aliphatic rings. The van der Waals surface area contributed by atoms with Gasteiger partial charge in [0.2, 0.25) is 0 Å². The Morgan fingerprint density at radius 2 is 1.28 bits per heavy atom. The monoisotopic (exact) mass is 728 g/mol. The number of fused-ring (bicyclic) bond motifs is 2. The fourth-order valence-electron chi connectivity index (χ4n) is 2.76. The van der Waals surface area contributed by atoms with Gasteiger partial charge in [0.1, 0.15) is 0 Å². The molecule has 0 spiro atoms. The van der Waals surface area contributed by atoms with E-state index in [2.05, 4.69) is 0 Å². The summed E-state index contributed by atoms with van der Waals surface area (Å²) in [7, 11) is 0. The maximum absolute atomic E-state index is 10.9. The van der Waals surface area contributed by atoms with Crippen molar-refractivity contribution in [3.8, 4) is 23.0 Å². The first kappa shape index (κ1) is 20.7. The van der Waals surface area contributed by atoms with E-state index in [-0.39, 0.29) is 28.5 Å². The van der Waals surface area contributed by atoms with Crippen molar-refractivity contribution in [2.24, 2.45) is 0 Å². The number of carbonyl (C=O) groups excluding carboxylic acids is 1. The van der Waals surface area contributed by atoms with Crippen LogP contribution in [0.2, 0.25) is 7.39 Å². The first-order valence-electron chi connectivity index (χ1n) is 7.11. The molecule has 0 amide bonds. The second-order valence-corrected chi connectivity index (χ2v) is 26.5. The third-order valence-electron chi connectivity index (χ3n) is 3.62. The van der Waals surface area contributed by atoms with E-state index in [9.17, 15) is 4.79 Å². The summed E-state index contributed by atoms with van der Waals surface area (Å²) >= 11 is -7.68. The molecule has 2 aromatic carbocycles. The van der Waals surface area contributed by atoms with Crippen molar-refractivity contribution in [2.45, 2.75) is 7.39 Å². The first-order valence-corrected chi connectivity index (χ1v) is 19.8. The van der Waals surface area contributed by atoms with Crippen LogP contribution >= 0.6 is 0 Å². The van der Waals surface area contributed by atoms with E-state index in [0.29, 0.717) is 14.0 Å². The summed E-state index contributed by atoms with van der Waals surface area (Å²) in [5, 5.41) is 0. The first-order chi connectivity index (χ1) is 11.1. The zero-order valence-corrected chi connectivity index (χ0v) is 22.3. The molecular formula is C16H16O6Sn2W. The SMILES string of the molecule is [CH3-].[CH3][Sn]1([CH2][Sn]2([O][C-]=O)[O]c3ccccc3[O]2)[O]c2ccccc2[O]1.[W+2]. The van der Waals surface area contributed by atoms with Crippen molar-refractivity contribution in [3.05, 3.63) is 56.0 Å². The Morgan fingerprint density at radius 1 is 0.880 bits per heavy atom. The predicted octanol–water partition coefficient (Wildman–Crippen LogP) is 3.01. The van der Waals surface area contributed by atoms with Gasteiger partial charge < -0.3 is 7.43 Å². The van der Waals surface area contributed by atoms with Gasteiger partial charge in [-0.05, 0) is 0 Å². The summed E-state index contributed by atoms with van der Waals surface area (Å²) in [6.07, 6.45) is 0. The molecule has 2 aliphatic heterocycles. The van der Waals surface area contributed by atoms with Crippen LogP contribution in [0.25, 0.3) is 0 Å². The second-order valence-electron chi connectivity index (χ2n) is 5.48. The fourth-order valence-corrected chi connectivity index (χ4v) is 35.3. The Labute approximate surface area is 171 Å². The second kappa shape index (κ2) is 7.96. The summed E-state index contributed by atoms with van der Waals surface area (Å²) in [5.74, 6) is 2.67. The van der Waals surface area contributed by atoms with E-state index in [1.165, 1.54) is 6.47 Å². The number of benzene rings is 2. The molecule has 0 atom stereocenters. The molecule has 9 heteroatoms. The van der Waals surface area contributed by atoms with Gasteiger partial charge in [-0.3, -0.25) is 0 Å². The molecule has 0 unspecified atom stereocenters. The van der Waals surface area contributed by atoms with Crippen molar-refractivity contribution in [3.63, 3.8) is 0 Å². The van der Waals surface area contributed by atoms with Gasteiger partial charge in [0.15, 0.2) is 0 Å². The van der Waals surface area contributed by atoms with Crippen LogP contribution in [0.1, 0.15) is 0 Å². The van der Waals surface area contributed by atoms with Crippen LogP contribution in [0.3, 0.4) is 0 Å². The van der Waals surface area contributed by atoms with Gasteiger partial charge in [0, 0.05) is 0 Å². The maximum atomic E-state index is 10.9. The molecule has 4 rings (SSSR count). The Kier molecular flexibility index (Phi) is 6.59. The van der Waals surface area contributed by atoms with Gasteiger partial charge in [-0.15, -0.1) is 0 Å². The molecule has 0 N–H and O–H groups in total. The van der Waals surface area contributed by atoms with Crippen LogP contribution in [-0.2, 0) is 28.9 Å². The topological polar surface area (TPSA) is 63.2 Å². The zero-order chi connectivity index (χ0) is 15.9. The summed E-state index contributed by atoms with van der Waals surface area (Å²) in [5.41, 5.74) is 0. The van der Waals surface area contributed by atoms with Crippen molar-refractivity contribution >= 4 is 45.3 Å². The van der Waals surface area contributed by atoms with Crippen molar-refractivity contribution in [1.29, 1.82) is 0 Å². The van der Waals surface area contributed by atoms with Crippen LogP contribution in [0.5, 0.6) is 23.0 Å². The molecule has 0 radical (unpaired) electrons. The quantitative estimate of drug-likeness (QED) is 0.357. The molecular weight excluding hydrogens is 709 g/mol. The smallest absolute Gasteiger partial charge is 2.00 e. The zero-order valence-electron chi connectivity index (χ0n) is 13.7. The van der Waals surface area contributed by atoms with E-state index < -0.39 is 38.8 Å². The Morgan fingerprint density at radius 3 is 1.68 bits per heavy atom. The normalized spacial score (nSPS) is 17.0. The molecule has 130 valence electrons. The number of hydrogen-bond donors (Lipinski definition) is 0. The van der Waals surface area contributed by atoms with Gasteiger partial charge in [0.25, 0.3) is 0 Å². The molecule has 2 aromatic rings. The molecule has 0 aromatic heterocycles. The van der Waals surface area contributed by atoms with Crippen LogP contribution in [-0.4, -0.2) is 45.3 Å². The number of para-hydroxylation sites is 4. The predicted molar refractivity (Wildman–Crippen MR) is 90.8 cm³/mol. The Bertz CT molecular complexity index is 722. The molecule has 2 heterocycles. The largest absolute Gasteiger partial charge is 2.00 e. The molecule has 0 bridgehead atoms. The van der Waals surface area contributed by atoms with Crippen LogP contribution in [0.15, 0.2) is 48.5 Å². The summed E-state index contributed by atoms with van der Waals surface area (Å²) in [4.78, 5) is 12.9. The van der Waals surface area contributed by atoms with E-state index in [1.807, 2.05) is 41.3 Å². The minimum absolute atomic E-state index is 0. The van der Waals surface area contributed by atoms with E-state index in [0.717, 1.165) is 11.5 Å². The summed E-state index contributed by atoms with van der Waals surface area (Å²) in [6.45, 7) is 1.51. The average Bonchev–Trinajstić information content (AvgIpc) is 3.03. The van der Waals surface area contributed by atoms with Gasteiger partial charge in [0.05, 0.1) is 0 Å². The van der Waals surface area contributed by atoms with Crippen LogP contribution in [0.4, 0.5) is 0 Å². The number of rotatable bonds is 4. The summed E-state index contributed by atoms with van der Waals surface area (Å²) in [6, 6.07) is 14.8. The third kappa shape index (κ3) is 4.05. The number of hydrogen-bond acceptors (Lipinski definition) is 6. The molecule has 6 nitrogen and oxygen atoms in total. The molecule has 0 fully saturated rings. The van der Waals surface area contributed by atoms with Gasteiger partial charge in [-0.2, -0.15) is 0 Å². The van der Waals surface area contributed by atoms with E-state index >= 15 is 0 Å². The Hall–Kier alpha value is -0.604. The average molecular weight is 726 g/mol. The standard InChI is InChI=1S/2C6H6O2.CO2.2CH3.CH2.2Sn.W/c2*7-5-3-1-2-4-6(5)8;2-1-3;;;;;;/h2*1-4,7-8H;;2*1H3;1H2;;;/q;;-2;;-1;;+2;+3;+2/p-4. The third-order valence-corrected chi connectivity index (χ3v) is 35.1. The van der Waals surface area contributed by atoms with E-state index in [1.54, 1.807) is 12.1 Å². The Balaban J connectivity index is 0.00000113. The minimum Gasteiger partial charge on any atom is 2.00 e. The van der Waals surface area contributed by atoms with Gasteiger partial charge >= 0.3 is 165 Å². The molecule has 0 saturated carbocycles. The minimum atomic E-state index is -4.17. The van der Waals surface area contributed by atoms with Crippen LogP contribution in [0, 0.1) is 7.43 Å². The summed E-state index contributed by atoms with van der Waals surface area (Å²) < 4.78 is 29.8. The molecule has 0 aliphatic carbocycles. The van der Waals surface area contributed by atoms with Gasteiger partial charge in [-0.25, -0.2) is 0 Å². The van der Waals surface area contributed by atoms with Crippen LogP contribution < -0.4 is 12.3 Å².